The number of ether oxygens (including phenoxy) is 1. The first-order chi connectivity index (χ1) is 12.5. The fourth-order valence-corrected chi connectivity index (χ4v) is 3.85. The molecule has 0 spiro atoms. The van der Waals surface area contributed by atoms with E-state index in [0.717, 1.165) is 38.5 Å². The minimum Gasteiger partial charge on any atom is -0.375 e. The van der Waals surface area contributed by atoms with E-state index >= 15 is 0 Å². The van der Waals surface area contributed by atoms with Gasteiger partial charge in [0.1, 0.15) is 5.82 Å². The summed E-state index contributed by atoms with van der Waals surface area (Å²) in [4.78, 5) is 20.6. The van der Waals surface area contributed by atoms with Crippen molar-refractivity contribution in [2.24, 2.45) is 5.73 Å². The Morgan fingerprint density at radius 3 is 2.38 bits per heavy atom. The van der Waals surface area contributed by atoms with Crippen molar-refractivity contribution in [2.45, 2.75) is 88.5 Å². The zero-order valence-corrected chi connectivity index (χ0v) is 15.5. The van der Waals surface area contributed by atoms with Crippen molar-refractivity contribution in [1.82, 2.24) is 9.97 Å². The Hall–Kier alpha value is -1.89. The molecule has 3 saturated carbocycles. The first-order valence-electron chi connectivity index (χ1n) is 9.88. The third-order valence-electron chi connectivity index (χ3n) is 5.85. The normalized spacial score (nSPS) is 27.4. The van der Waals surface area contributed by atoms with Crippen LogP contribution in [-0.4, -0.2) is 39.7 Å². The highest BCUT2D eigenvalue weighted by atomic mass is 16.5. The van der Waals surface area contributed by atoms with Gasteiger partial charge in [-0.15, -0.1) is 0 Å². The number of nitrogens with zero attached hydrogens (tertiary/aromatic N) is 2. The van der Waals surface area contributed by atoms with E-state index in [2.05, 4.69) is 27.5 Å². The van der Waals surface area contributed by atoms with E-state index in [4.69, 9.17) is 10.5 Å². The van der Waals surface area contributed by atoms with E-state index in [-0.39, 0.29) is 5.54 Å². The topological polar surface area (TPSA) is 102 Å². The number of rotatable bonds is 7. The second-order valence-corrected chi connectivity index (χ2v) is 8.31. The Morgan fingerprint density at radius 1 is 1.19 bits per heavy atom. The Bertz CT molecular complexity index is 664. The molecule has 0 saturated heterocycles. The Balaban J connectivity index is 1.39. The Kier molecular flexibility index (Phi) is 4.73. The molecule has 3 aliphatic carbocycles. The maximum absolute atomic E-state index is 11.7. The largest absolute Gasteiger partial charge is 0.375 e. The lowest BCUT2D eigenvalue weighted by molar-refractivity contribution is 0.0146. The van der Waals surface area contributed by atoms with E-state index in [1.54, 1.807) is 0 Å². The maximum atomic E-state index is 11.7. The van der Waals surface area contributed by atoms with E-state index in [1.807, 2.05) is 0 Å². The fraction of sp³-hybridized carbons (Fsp3) is 0.737. The second-order valence-electron chi connectivity index (χ2n) is 8.31. The van der Waals surface area contributed by atoms with Crippen LogP contribution in [-0.2, 0) is 4.74 Å². The summed E-state index contributed by atoms with van der Waals surface area (Å²) in [6.07, 6.45) is 12.5. The first kappa shape index (κ1) is 17.5. The highest BCUT2D eigenvalue weighted by Gasteiger charge is 2.33. The molecule has 0 unspecified atom stereocenters. The fourth-order valence-electron chi connectivity index (χ4n) is 3.85. The van der Waals surface area contributed by atoms with Gasteiger partial charge in [-0.1, -0.05) is 0 Å². The molecule has 3 aliphatic rings. The SMILES string of the molecule is CC1(Nc2nc(N[C@H]3CC[C@H](OC4CC4)CC3)ncc2C(N)=O)CCC1. The lowest BCUT2D eigenvalue weighted by atomic mass is 9.78. The molecule has 7 heteroatoms. The van der Waals surface area contributed by atoms with Crippen molar-refractivity contribution in [2.75, 3.05) is 10.6 Å². The highest BCUT2D eigenvalue weighted by Crippen LogP contribution is 2.35. The summed E-state index contributed by atoms with van der Waals surface area (Å²) in [7, 11) is 0. The highest BCUT2D eigenvalue weighted by molar-refractivity contribution is 5.97. The molecule has 0 bridgehead atoms. The molecule has 142 valence electrons. The summed E-state index contributed by atoms with van der Waals surface area (Å²) in [6, 6.07) is 0.348. The van der Waals surface area contributed by atoms with Gasteiger partial charge in [-0.2, -0.15) is 4.98 Å². The molecule has 4 rings (SSSR count). The predicted octanol–water partition coefficient (Wildman–Crippen LogP) is 2.83. The Labute approximate surface area is 154 Å². The quantitative estimate of drug-likeness (QED) is 0.692. The van der Waals surface area contributed by atoms with Crippen molar-refractivity contribution in [1.29, 1.82) is 0 Å². The van der Waals surface area contributed by atoms with Gasteiger partial charge in [-0.25, -0.2) is 4.98 Å². The monoisotopic (exact) mass is 359 g/mol. The number of carbonyl (C=O) groups is 1. The molecule has 1 amide bonds. The molecule has 3 fully saturated rings. The van der Waals surface area contributed by atoms with Gasteiger partial charge in [0.2, 0.25) is 5.95 Å². The van der Waals surface area contributed by atoms with Gasteiger partial charge < -0.3 is 21.1 Å². The lowest BCUT2D eigenvalue weighted by Gasteiger charge is -2.40. The lowest BCUT2D eigenvalue weighted by Crippen LogP contribution is -2.42. The first-order valence-corrected chi connectivity index (χ1v) is 9.88. The smallest absolute Gasteiger partial charge is 0.254 e. The van der Waals surface area contributed by atoms with Crippen LogP contribution in [0.15, 0.2) is 6.20 Å². The summed E-state index contributed by atoms with van der Waals surface area (Å²) in [6.45, 7) is 2.15. The molecule has 7 nitrogen and oxygen atoms in total. The van der Waals surface area contributed by atoms with Crippen molar-refractivity contribution in [3.8, 4) is 0 Å². The number of aromatic nitrogens is 2. The summed E-state index contributed by atoms with van der Waals surface area (Å²) in [5.41, 5.74) is 5.84. The van der Waals surface area contributed by atoms with Crippen LogP contribution in [0.3, 0.4) is 0 Å². The molecule has 0 aliphatic heterocycles. The van der Waals surface area contributed by atoms with Gasteiger partial charge in [0, 0.05) is 17.8 Å². The van der Waals surface area contributed by atoms with Gasteiger partial charge in [-0.3, -0.25) is 4.79 Å². The van der Waals surface area contributed by atoms with Crippen molar-refractivity contribution < 1.29 is 9.53 Å². The van der Waals surface area contributed by atoms with Gasteiger partial charge in [0.15, 0.2) is 0 Å². The molecule has 0 atom stereocenters. The summed E-state index contributed by atoms with van der Waals surface area (Å²) >= 11 is 0. The van der Waals surface area contributed by atoms with Crippen LogP contribution in [0, 0.1) is 0 Å². The van der Waals surface area contributed by atoms with E-state index < -0.39 is 5.91 Å². The molecule has 0 aromatic carbocycles. The number of carbonyl (C=O) groups excluding carboxylic acids is 1. The number of hydrogen-bond acceptors (Lipinski definition) is 6. The van der Waals surface area contributed by atoms with Gasteiger partial charge in [0.25, 0.3) is 5.91 Å². The molecular weight excluding hydrogens is 330 g/mol. The molecule has 1 aromatic heterocycles. The molecular formula is C19H29N5O2. The minimum absolute atomic E-state index is 0.00592. The summed E-state index contributed by atoms with van der Waals surface area (Å²) < 4.78 is 6.02. The molecule has 0 radical (unpaired) electrons. The van der Waals surface area contributed by atoms with E-state index in [0.29, 0.717) is 35.6 Å². The molecule has 26 heavy (non-hydrogen) atoms. The number of nitrogens with two attached hydrogens (primary N) is 1. The van der Waals surface area contributed by atoms with Crippen LogP contribution in [0.1, 0.15) is 75.1 Å². The van der Waals surface area contributed by atoms with Gasteiger partial charge >= 0.3 is 0 Å². The number of amides is 1. The second kappa shape index (κ2) is 7.02. The average molecular weight is 359 g/mol. The standard InChI is InChI=1S/C19H29N5O2/c1-19(9-2-10-19)24-17-15(16(20)25)11-21-18(23-17)22-12-3-5-13(6-4-12)26-14-7-8-14/h11-14H,2-10H2,1H3,(H2,20,25)(H2,21,22,23,24)/t12-,13-. The molecule has 4 N–H and O–H groups in total. The number of primary amides is 1. The number of nitrogens with one attached hydrogen (secondary N) is 2. The van der Waals surface area contributed by atoms with Crippen LogP contribution < -0.4 is 16.4 Å². The van der Waals surface area contributed by atoms with Crippen LogP contribution in [0.25, 0.3) is 0 Å². The van der Waals surface area contributed by atoms with Crippen LogP contribution in [0.2, 0.25) is 0 Å². The zero-order valence-electron chi connectivity index (χ0n) is 15.5. The maximum Gasteiger partial charge on any atom is 0.254 e. The third kappa shape index (κ3) is 4.09. The molecule has 1 aromatic rings. The van der Waals surface area contributed by atoms with Gasteiger partial charge in [-0.05, 0) is 64.7 Å². The number of hydrogen-bond donors (Lipinski definition) is 3. The van der Waals surface area contributed by atoms with E-state index in [9.17, 15) is 4.79 Å². The number of anilines is 2. The van der Waals surface area contributed by atoms with E-state index in [1.165, 1.54) is 25.5 Å². The third-order valence-corrected chi connectivity index (χ3v) is 5.85. The minimum atomic E-state index is -0.500. The van der Waals surface area contributed by atoms with Crippen LogP contribution in [0.4, 0.5) is 11.8 Å². The predicted molar refractivity (Wildman–Crippen MR) is 100 cm³/mol. The molecule has 1 heterocycles. The van der Waals surface area contributed by atoms with Gasteiger partial charge in [0.05, 0.1) is 17.8 Å². The van der Waals surface area contributed by atoms with Crippen molar-refractivity contribution in [3.63, 3.8) is 0 Å². The van der Waals surface area contributed by atoms with Crippen LogP contribution >= 0.6 is 0 Å². The summed E-state index contributed by atoms with van der Waals surface area (Å²) in [5.74, 6) is 0.606. The van der Waals surface area contributed by atoms with Crippen LogP contribution in [0.5, 0.6) is 0 Å². The Morgan fingerprint density at radius 2 is 1.85 bits per heavy atom. The summed E-state index contributed by atoms with van der Waals surface area (Å²) in [5, 5.41) is 6.83. The average Bonchev–Trinajstić information content (AvgIpc) is 3.39. The van der Waals surface area contributed by atoms with Crippen molar-refractivity contribution >= 4 is 17.7 Å². The van der Waals surface area contributed by atoms with Crippen molar-refractivity contribution in [3.05, 3.63) is 11.8 Å². The zero-order chi connectivity index (χ0) is 18.1.